The van der Waals surface area contributed by atoms with E-state index in [0.29, 0.717) is 17.9 Å². The van der Waals surface area contributed by atoms with Crippen LogP contribution in [0, 0.1) is 18.6 Å². The van der Waals surface area contributed by atoms with Crippen molar-refractivity contribution < 1.29 is 8.78 Å². The lowest BCUT2D eigenvalue weighted by molar-refractivity contribution is 0.479. The highest BCUT2D eigenvalue weighted by atomic mass is 19.1. The third kappa shape index (κ3) is 2.57. The average Bonchev–Trinajstić information content (AvgIpc) is 2.88. The fourth-order valence-electron chi connectivity index (χ4n) is 2.24. The van der Waals surface area contributed by atoms with Crippen molar-refractivity contribution in [3.8, 4) is 0 Å². The van der Waals surface area contributed by atoms with Crippen molar-refractivity contribution in [3.63, 3.8) is 0 Å². The van der Waals surface area contributed by atoms with Crippen molar-refractivity contribution >= 4 is 0 Å². The minimum atomic E-state index is -0.823. The van der Waals surface area contributed by atoms with E-state index in [0.717, 1.165) is 6.42 Å². The van der Waals surface area contributed by atoms with E-state index in [-0.39, 0.29) is 5.56 Å². The normalized spacial score (nSPS) is 12.7. The number of hydrazine groups is 1. The number of aryl methyl sites for hydroxylation is 2. The second-order valence-corrected chi connectivity index (χ2v) is 4.67. The molecule has 0 radical (unpaired) electrons. The van der Waals surface area contributed by atoms with E-state index in [1.807, 2.05) is 11.5 Å². The highest BCUT2D eigenvalue weighted by molar-refractivity contribution is 5.32. The molecule has 0 saturated carbocycles. The van der Waals surface area contributed by atoms with Crippen LogP contribution in [0.3, 0.4) is 0 Å². The smallest absolute Gasteiger partial charge is 0.134 e. The summed E-state index contributed by atoms with van der Waals surface area (Å²) in [4.78, 5) is 4.18. The molecule has 0 aliphatic carbocycles. The lowest BCUT2D eigenvalue weighted by Gasteiger charge is -2.19. The number of hydrogen-bond donors (Lipinski definition) is 2. The van der Waals surface area contributed by atoms with E-state index < -0.39 is 17.7 Å². The van der Waals surface area contributed by atoms with Gasteiger partial charge in [0.05, 0.1) is 0 Å². The maximum Gasteiger partial charge on any atom is 0.134 e. The van der Waals surface area contributed by atoms with E-state index in [9.17, 15) is 8.78 Å². The summed E-state index contributed by atoms with van der Waals surface area (Å²) in [5, 5.41) is 0. The molecule has 4 nitrogen and oxygen atoms in total. The Morgan fingerprint density at radius 3 is 2.80 bits per heavy atom. The Morgan fingerprint density at radius 2 is 2.15 bits per heavy atom. The number of benzene rings is 1. The fourth-order valence-corrected chi connectivity index (χ4v) is 2.24. The van der Waals surface area contributed by atoms with Gasteiger partial charge in [0, 0.05) is 24.5 Å². The van der Waals surface area contributed by atoms with Gasteiger partial charge in [0.2, 0.25) is 0 Å². The van der Waals surface area contributed by atoms with E-state index >= 15 is 0 Å². The van der Waals surface area contributed by atoms with Gasteiger partial charge >= 0.3 is 0 Å². The predicted molar refractivity (Wildman–Crippen MR) is 72.8 cm³/mol. The molecule has 1 aromatic heterocycles. The summed E-state index contributed by atoms with van der Waals surface area (Å²) < 4.78 is 30.1. The van der Waals surface area contributed by atoms with Gasteiger partial charge in [-0.15, -0.1) is 0 Å². The number of hydrogen-bond acceptors (Lipinski definition) is 3. The minimum absolute atomic E-state index is 0.101. The molecule has 0 aliphatic rings. The topological polar surface area (TPSA) is 55.9 Å². The molecule has 1 heterocycles. The summed E-state index contributed by atoms with van der Waals surface area (Å²) in [7, 11) is 0. The molecule has 2 rings (SSSR count). The van der Waals surface area contributed by atoms with Crippen molar-refractivity contribution in [3.05, 3.63) is 53.1 Å². The third-order valence-electron chi connectivity index (χ3n) is 3.25. The number of rotatable bonds is 5. The van der Waals surface area contributed by atoms with Crippen molar-refractivity contribution in [2.45, 2.75) is 32.9 Å². The van der Waals surface area contributed by atoms with Gasteiger partial charge in [-0.1, -0.05) is 13.0 Å². The van der Waals surface area contributed by atoms with E-state index in [1.54, 1.807) is 19.3 Å². The third-order valence-corrected chi connectivity index (χ3v) is 3.25. The quantitative estimate of drug-likeness (QED) is 0.653. The molecule has 0 saturated heterocycles. The second kappa shape index (κ2) is 6.11. The Balaban J connectivity index is 2.53. The predicted octanol–water partition coefficient (Wildman–Crippen LogP) is 2.43. The first-order valence-electron chi connectivity index (χ1n) is 6.51. The molecular formula is C14H18F2N4. The highest BCUT2D eigenvalue weighted by Gasteiger charge is 2.25. The molecular weight excluding hydrogens is 262 g/mol. The minimum Gasteiger partial charge on any atom is -0.333 e. The van der Waals surface area contributed by atoms with Crippen LogP contribution in [-0.2, 0) is 6.54 Å². The molecule has 0 amide bonds. The zero-order chi connectivity index (χ0) is 14.7. The Morgan fingerprint density at radius 1 is 1.40 bits per heavy atom. The van der Waals surface area contributed by atoms with Gasteiger partial charge in [-0.3, -0.25) is 5.84 Å². The van der Waals surface area contributed by atoms with Crippen LogP contribution in [0.1, 0.15) is 36.3 Å². The summed E-state index contributed by atoms with van der Waals surface area (Å²) in [6, 6.07) is 1.82. The van der Waals surface area contributed by atoms with Gasteiger partial charge < -0.3 is 4.57 Å². The van der Waals surface area contributed by atoms with Crippen LogP contribution >= 0.6 is 0 Å². The monoisotopic (exact) mass is 280 g/mol. The van der Waals surface area contributed by atoms with Gasteiger partial charge in [-0.2, -0.15) is 0 Å². The Labute approximate surface area is 116 Å². The molecule has 0 bridgehead atoms. The summed E-state index contributed by atoms with van der Waals surface area (Å²) in [6.45, 7) is 4.31. The van der Waals surface area contributed by atoms with Gasteiger partial charge in [-0.25, -0.2) is 19.2 Å². The number of imidazole rings is 1. The maximum atomic E-state index is 14.2. The summed E-state index contributed by atoms with van der Waals surface area (Å²) in [5.74, 6) is 4.78. The number of aromatic nitrogens is 2. The van der Waals surface area contributed by atoms with Crippen molar-refractivity contribution in [1.29, 1.82) is 0 Å². The Bertz CT molecular complexity index is 595. The molecule has 0 spiro atoms. The van der Waals surface area contributed by atoms with Crippen LogP contribution in [0.2, 0.25) is 0 Å². The van der Waals surface area contributed by atoms with E-state index in [2.05, 4.69) is 10.4 Å². The molecule has 1 atom stereocenters. The first kappa shape index (κ1) is 14.6. The first-order chi connectivity index (χ1) is 9.60. The molecule has 20 heavy (non-hydrogen) atoms. The number of nitrogens with one attached hydrogen (secondary N) is 1. The van der Waals surface area contributed by atoms with Crippen molar-refractivity contribution in [2.24, 2.45) is 5.84 Å². The number of halogens is 2. The molecule has 0 aliphatic heterocycles. The van der Waals surface area contributed by atoms with Crippen LogP contribution in [0.25, 0.3) is 0 Å². The average molecular weight is 280 g/mol. The summed E-state index contributed by atoms with van der Waals surface area (Å²) in [6.07, 6.45) is 4.26. The van der Waals surface area contributed by atoms with Gasteiger partial charge in [0.1, 0.15) is 23.5 Å². The molecule has 1 aromatic carbocycles. The fraction of sp³-hybridized carbons (Fsp3) is 0.357. The van der Waals surface area contributed by atoms with Gasteiger partial charge in [-0.05, 0) is 25.0 Å². The van der Waals surface area contributed by atoms with Gasteiger partial charge in [0.15, 0.2) is 0 Å². The van der Waals surface area contributed by atoms with E-state index in [1.165, 1.54) is 12.1 Å². The zero-order valence-electron chi connectivity index (χ0n) is 11.5. The maximum absolute atomic E-state index is 14.2. The molecule has 0 fully saturated rings. The van der Waals surface area contributed by atoms with Crippen LogP contribution < -0.4 is 11.3 Å². The van der Waals surface area contributed by atoms with Crippen molar-refractivity contribution in [2.75, 3.05) is 0 Å². The second-order valence-electron chi connectivity index (χ2n) is 4.67. The molecule has 3 N–H and O–H groups in total. The number of nitrogens with two attached hydrogens (primary N) is 1. The Kier molecular flexibility index (Phi) is 4.46. The van der Waals surface area contributed by atoms with Crippen LogP contribution in [0.4, 0.5) is 8.78 Å². The highest BCUT2D eigenvalue weighted by Crippen LogP contribution is 2.27. The molecule has 2 aromatic rings. The lowest BCUT2D eigenvalue weighted by Crippen LogP contribution is -2.32. The summed E-state index contributed by atoms with van der Waals surface area (Å²) >= 11 is 0. The van der Waals surface area contributed by atoms with Crippen LogP contribution in [0.5, 0.6) is 0 Å². The molecule has 1 unspecified atom stereocenters. The molecule has 108 valence electrons. The van der Waals surface area contributed by atoms with Gasteiger partial charge in [0.25, 0.3) is 0 Å². The first-order valence-corrected chi connectivity index (χ1v) is 6.51. The largest absolute Gasteiger partial charge is 0.333 e. The zero-order valence-corrected chi connectivity index (χ0v) is 11.5. The summed E-state index contributed by atoms with van der Waals surface area (Å²) in [5.41, 5.74) is 2.73. The number of nitrogens with zero attached hydrogens (tertiary/aromatic N) is 2. The van der Waals surface area contributed by atoms with Crippen molar-refractivity contribution in [1.82, 2.24) is 15.0 Å². The SMILES string of the molecule is CCCn1ccnc1C(NN)c1c(F)ccc(C)c1F. The standard InChI is InChI=1S/C14H18F2N4/c1-3-7-20-8-6-18-14(20)13(19-17)11-10(15)5-4-9(2)12(11)16/h4-6,8,13,19H,3,7,17H2,1-2H3. The lowest BCUT2D eigenvalue weighted by atomic mass is 10.0. The van der Waals surface area contributed by atoms with Crippen LogP contribution in [-0.4, -0.2) is 9.55 Å². The Hall–Kier alpha value is -1.79. The van der Waals surface area contributed by atoms with Crippen LogP contribution in [0.15, 0.2) is 24.5 Å². The van der Waals surface area contributed by atoms with E-state index in [4.69, 9.17) is 5.84 Å². The molecule has 6 heteroatoms.